The monoisotopic (exact) mass is 367 g/mol. The van der Waals surface area contributed by atoms with Gasteiger partial charge in [0.25, 0.3) is 0 Å². The highest BCUT2D eigenvalue weighted by Crippen LogP contribution is 2.36. The van der Waals surface area contributed by atoms with Crippen LogP contribution in [0.25, 0.3) is 0 Å². The summed E-state index contributed by atoms with van der Waals surface area (Å²) in [6.07, 6.45) is 1.22. The van der Waals surface area contributed by atoms with Crippen LogP contribution in [0, 0.1) is 5.92 Å². The van der Waals surface area contributed by atoms with Crippen molar-refractivity contribution in [2.45, 2.75) is 45.5 Å². The van der Waals surface area contributed by atoms with Gasteiger partial charge in [0.2, 0.25) is 17.7 Å². The standard InChI is InChI=1S/C19H27F2N3O2/c1-3-24(12-15-5-4-10-19(20,21)11-15)13-18(26)23-17-8-6-16(7-9-17)22-14(2)25/h6-9,15H,3-5,10-13H2,1-2H3,(H,22,25)(H,23,26). The maximum atomic E-state index is 13.5. The van der Waals surface area contributed by atoms with Crippen LogP contribution in [0.3, 0.4) is 0 Å². The highest BCUT2D eigenvalue weighted by Gasteiger charge is 2.36. The second kappa shape index (κ2) is 9.07. The van der Waals surface area contributed by atoms with E-state index >= 15 is 0 Å². The summed E-state index contributed by atoms with van der Waals surface area (Å²) in [6.45, 7) is 4.68. The van der Waals surface area contributed by atoms with E-state index in [9.17, 15) is 18.4 Å². The molecule has 1 aliphatic rings. The molecule has 2 N–H and O–H groups in total. The van der Waals surface area contributed by atoms with Crippen molar-refractivity contribution < 1.29 is 18.4 Å². The Hall–Kier alpha value is -2.02. The molecule has 1 aromatic carbocycles. The van der Waals surface area contributed by atoms with Crippen molar-refractivity contribution in [3.8, 4) is 0 Å². The molecule has 0 aliphatic heterocycles. The third kappa shape index (κ3) is 6.71. The molecule has 2 rings (SSSR count). The van der Waals surface area contributed by atoms with Gasteiger partial charge in [0.15, 0.2) is 0 Å². The van der Waals surface area contributed by atoms with Crippen LogP contribution in [-0.2, 0) is 9.59 Å². The summed E-state index contributed by atoms with van der Waals surface area (Å²) in [5, 5.41) is 5.46. The normalized spacial score (nSPS) is 19.2. The van der Waals surface area contributed by atoms with Gasteiger partial charge in [-0.15, -0.1) is 0 Å². The molecule has 0 radical (unpaired) electrons. The Morgan fingerprint density at radius 2 is 1.81 bits per heavy atom. The van der Waals surface area contributed by atoms with Crippen LogP contribution < -0.4 is 10.6 Å². The number of rotatable bonds is 7. The smallest absolute Gasteiger partial charge is 0.248 e. The van der Waals surface area contributed by atoms with Crippen LogP contribution in [-0.4, -0.2) is 42.3 Å². The minimum Gasteiger partial charge on any atom is -0.326 e. The van der Waals surface area contributed by atoms with Gasteiger partial charge >= 0.3 is 0 Å². The largest absolute Gasteiger partial charge is 0.326 e. The van der Waals surface area contributed by atoms with Gasteiger partial charge in [-0.25, -0.2) is 8.78 Å². The van der Waals surface area contributed by atoms with Gasteiger partial charge in [-0.05, 0) is 49.6 Å². The lowest BCUT2D eigenvalue weighted by Gasteiger charge is -2.32. The quantitative estimate of drug-likeness (QED) is 0.772. The van der Waals surface area contributed by atoms with E-state index in [1.54, 1.807) is 24.3 Å². The predicted molar refractivity (Wildman–Crippen MR) is 98.4 cm³/mol. The predicted octanol–water partition coefficient (Wildman–Crippen LogP) is 3.73. The summed E-state index contributed by atoms with van der Waals surface area (Å²) in [6, 6.07) is 6.83. The number of alkyl halides is 2. The molecule has 0 spiro atoms. The summed E-state index contributed by atoms with van der Waals surface area (Å²) in [4.78, 5) is 25.2. The zero-order chi connectivity index (χ0) is 19.2. The molecule has 26 heavy (non-hydrogen) atoms. The first-order valence-corrected chi connectivity index (χ1v) is 9.05. The van der Waals surface area contributed by atoms with E-state index in [-0.39, 0.29) is 37.1 Å². The van der Waals surface area contributed by atoms with E-state index in [1.807, 2.05) is 11.8 Å². The van der Waals surface area contributed by atoms with E-state index in [2.05, 4.69) is 10.6 Å². The van der Waals surface area contributed by atoms with Crippen molar-refractivity contribution in [3.05, 3.63) is 24.3 Å². The third-order valence-electron chi connectivity index (χ3n) is 4.56. The SMILES string of the molecule is CCN(CC(=O)Nc1ccc(NC(C)=O)cc1)CC1CCCC(F)(F)C1. The summed E-state index contributed by atoms with van der Waals surface area (Å²) in [5.74, 6) is -2.97. The number of hydrogen-bond acceptors (Lipinski definition) is 3. The second-order valence-corrected chi connectivity index (χ2v) is 6.95. The first kappa shape index (κ1) is 20.3. The van der Waals surface area contributed by atoms with Crippen molar-refractivity contribution in [2.24, 2.45) is 5.92 Å². The van der Waals surface area contributed by atoms with E-state index in [0.29, 0.717) is 30.9 Å². The molecule has 1 unspecified atom stereocenters. The Balaban J connectivity index is 1.83. The van der Waals surface area contributed by atoms with Gasteiger partial charge in [-0.2, -0.15) is 0 Å². The van der Waals surface area contributed by atoms with Crippen LogP contribution in [0.5, 0.6) is 0 Å². The van der Waals surface area contributed by atoms with Gasteiger partial charge in [0.05, 0.1) is 6.54 Å². The first-order chi connectivity index (χ1) is 12.3. The number of halogens is 2. The molecule has 7 heteroatoms. The molecule has 1 atom stereocenters. The Morgan fingerprint density at radius 1 is 1.19 bits per heavy atom. The fourth-order valence-electron chi connectivity index (χ4n) is 3.35. The summed E-state index contributed by atoms with van der Waals surface area (Å²) in [7, 11) is 0. The van der Waals surface area contributed by atoms with Gasteiger partial charge in [-0.1, -0.05) is 6.92 Å². The van der Waals surface area contributed by atoms with E-state index < -0.39 is 5.92 Å². The van der Waals surface area contributed by atoms with Gasteiger partial charge in [0.1, 0.15) is 0 Å². The van der Waals surface area contributed by atoms with Crippen LogP contribution in [0.2, 0.25) is 0 Å². The molecule has 0 bridgehead atoms. The van der Waals surface area contributed by atoms with Crippen molar-refractivity contribution >= 4 is 23.2 Å². The summed E-state index contributed by atoms with van der Waals surface area (Å²) >= 11 is 0. The van der Waals surface area contributed by atoms with Crippen molar-refractivity contribution in [2.75, 3.05) is 30.3 Å². The molecular formula is C19H27F2N3O2. The minimum atomic E-state index is -2.57. The number of likely N-dealkylation sites (N-methyl/N-ethyl adjacent to an activating group) is 1. The maximum Gasteiger partial charge on any atom is 0.248 e. The molecule has 2 amide bonds. The first-order valence-electron chi connectivity index (χ1n) is 9.05. The molecule has 144 valence electrons. The molecule has 0 aromatic heterocycles. The number of carbonyl (C=O) groups is 2. The Bertz CT molecular complexity index is 620. The maximum absolute atomic E-state index is 13.5. The molecule has 1 fully saturated rings. The number of nitrogens with zero attached hydrogens (tertiary/aromatic N) is 1. The zero-order valence-electron chi connectivity index (χ0n) is 15.4. The molecular weight excluding hydrogens is 340 g/mol. The average Bonchev–Trinajstić information content (AvgIpc) is 2.54. The molecule has 0 heterocycles. The Kier molecular flexibility index (Phi) is 7.08. The number of nitrogens with one attached hydrogen (secondary N) is 2. The van der Waals surface area contributed by atoms with E-state index in [0.717, 1.165) is 6.42 Å². The number of carbonyl (C=O) groups excluding carboxylic acids is 2. The highest BCUT2D eigenvalue weighted by molar-refractivity contribution is 5.93. The van der Waals surface area contributed by atoms with Crippen LogP contribution >= 0.6 is 0 Å². The molecule has 0 saturated heterocycles. The van der Waals surface area contributed by atoms with Crippen LogP contribution in [0.1, 0.15) is 39.5 Å². The summed E-state index contributed by atoms with van der Waals surface area (Å²) in [5.41, 5.74) is 1.29. The van der Waals surface area contributed by atoms with Crippen LogP contribution in [0.15, 0.2) is 24.3 Å². The Labute approximate surface area is 153 Å². The molecule has 5 nitrogen and oxygen atoms in total. The number of amides is 2. The lowest BCUT2D eigenvalue weighted by Crippen LogP contribution is -2.39. The molecule has 1 saturated carbocycles. The number of anilines is 2. The third-order valence-corrected chi connectivity index (χ3v) is 4.56. The van der Waals surface area contributed by atoms with Gasteiger partial charge in [0, 0.05) is 37.7 Å². The number of benzene rings is 1. The molecule has 1 aliphatic carbocycles. The Morgan fingerprint density at radius 3 is 2.35 bits per heavy atom. The van der Waals surface area contributed by atoms with E-state index in [4.69, 9.17) is 0 Å². The van der Waals surface area contributed by atoms with E-state index in [1.165, 1.54) is 6.92 Å². The van der Waals surface area contributed by atoms with Crippen molar-refractivity contribution in [3.63, 3.8) is 0 Å². The topological polar surface area (TPSA) is 61.4 Å². The fraction of sp³-hybridized carbons (Fsp3) is 0.579. The van der Waals surface area contributed by atoms with Gasteiger partial charge < -0.3 is 10.6 Å². The van der Waals surface area contributed by atoms with Crippen molar-refractivity contribution in [1.29, 1.82) is 0 Å². The fourth-order valence-corrected chi connectivity index (χ4v) is 3.35. The number of hydrogen-bond donors (Lipinski definition) is 2. The van der Waals surface area contributed by atoms with Gasteiger partial charge in [-0.3, -0.25) is 14.5 Å². The van der Waals surface area contributed by atoms with Crippen molar-refractivity contribution in [1.82, 2.24) is 4.90 Å². The zero-order valence-corrected chi connectivity index (χ0v) is 15.4. The average molecular weight is 367 g/mol. The molecule has 1 aromatic rings. The minimum absolute atomic E-state index is 0.0232. The highest BCUT2D eigenvalue weighted by atomic mass is 19.3. The lowest BCUT2D eigenvalue weighted by molar-refractivity contribution is -0.117. The second-order valence-electron chi connectivity index (χ2n) is 6.95. The van der Waals surface area contributed by atoms with Crippen LogP contribution in [0.4, 0.5) is 20.2 Å². The summed E-state index contributed by atoms with van der Waals surface area (Å²) < 4.78 is 27.1. The lowest BCUT2D eigenvalue weighted by atomic mass is 9.86.